The van der Waals surface area contributed by atoms with Crippen LogP contribution in [0, 0.1) is 0 Å². The van der Waals surface area contributed by atoms with Gasteiger partial charge in [0.15, 0.2) is 0 Å². The maximum Gasteiger partial charge on any atom is 0.319 e. The smallest absolute Gasteiger partial charge is 0.319 e. The number of benzene rings is 2. The second-order valence-corrected chi connectivity index (χ2v) is 7.19. The molecule has 1 heterocycles. The van der Waals surface area contributed by atoms with Crippen molar-refractivity contribution in [1.82, 2.24) is 9.88 Å². The van der Waals surface area contributed by atoms with Crippen molar-refractivity contribution in [2.24, 2.45) is 0 Å². The van der Waals surface area contributed by atoms with Gasteiger partial charge in [0.05, 0.1) is 6.04 Å². The summed E-state index contributed by atoms with van der Waals surface area (Å²) < 4.78 is 2.03. The zero-order valence-electron chi connectivity index (χ0n) is 15.6. The molecule has 4 rings (SSSR count). The van der Waals surface area contributed by atoms with E-state index in [0.29, 0.717) is 0 Å². The first-order valence-corrected chi connectivity index (χ1v) is 9.62. The predicted octanol–water partition coefficient (Wildman–Crippen LogP) is 5.24. The molecule has 0 fully saturated rings. The zero-order chi connectivity index (χ0) is 18.6. The van der Waals surface area contributed by atoms with E-state index in [-0.39, 0.29) is 12.1 Å². The van der Waals surface area contributed by atoms with Crippen LogP contribution in [0.1, 0.15) is 42.5 Å². The maximum absolute atomic E-state index is 12.4. The molecule has 2 N–H and O–H groups in total. The number of aryl methyl sites for hydroxylation is 2. The van der Waals surface area contributed by atoms with Crippen molar-refractivity contribution in [3.63, 3.8) is 0 Å². The average Bonchev–Trinajstić information content (AvgIpc) is 3.23. The van der Waals surface area contributed by atoms with Gasteiger partial charge in [-0.3, -0.25) is 0 Å². The van der Waals surface area contributed by atoms with Crippen LogP contribution < -0.4 is 10.6 Å². The number of rotatable bonds is 4. The number of aromatic nitrogens is 1. The van der Waals surface area contributed by atoms with E-state index in [4.69, 9.17) is 0 Å². The molecule has 0 radical (unpaired) electrons. The van der Waals surface area contributed by atoms with Crippen molar-refractivity contribution < 1.29 is 4.79 Å². The van der Waals surface area contributed by atoms with Crippen molar-refractivity contribution in [3.05, 3.63) is 83.7 Å². The summed E-state index contributed by atoms with van der Waals surface area (Å²) in [6, 6.07) is 18.2. The Hall–Kier alpha value is -3.01. The maximum atomic E-state index is 12.4. The van der Waals surface area contributed by atoms with Crippen molar-refractivity contribution in [3.8, 4) is 5.69 Å². The monoisotopic (exact) mass is 359 g/mol. The molecule has 4 heteroatoms. The number of hydrogen-bond acceptors (Lipinski definition) is 1. The van der Waals surface area contributed by atoms with E-state index in [0.717, 1.165) is 23.4 Å². The highest BCUT2D eigenvalue weighted by atomic mass is 16.2. The highest BCUT2D eigenvalue weighted by molar-refractivity contribution is 5.89. The summed E-state index contributed by atoms with van der Waals surface area (Å²) in [5, 5.41) is 5.96. The van der Waals surface area contributed by atoms with Crippen LogP contribution in [0.2, 0.25) is 0 Å². The molecule has 0 bridgehead atoms. The minimum Gasteiger partial charge on any atom is -0.331 e. The summed E-state index contributed by atoms with van der Waals surface area (Å²) in [6.45, 7) is 2.03. The standard InChI is InChI=1S/C23H25N3O/c1-17(19-9-8-18-6-2-3-7-20(18)16-19)24-23(27)25-21-10-12-22(13-11-21)26-14-4-5-15-26/h4-5,8-17H,2-3,6-7H2,1H3,(H2,24,25,27). The van der Waals surface area contributed by atoms with E-state index in [2.05, 4.69) is 28.8 Å². The molecule has 3 aromatic rings. The molecule has 138 valence electrons. The van der Waals surface area contributed by atoms with Crippen molar-refractivity contribution >= 4 is 11.7 Å². The van der Waals surface area contributed by atoms with Gasteiger partial charge in [-0.15, -0.1) is 0 Å². The lowest BCUT2D eigenvalue weighted by Crippen LogP contribution is -2.31. The molecule has 1 aliphatic carbocycles. The second-order valence-electron chi connectivity index (χ2n) is 7.19. The summed E-state index contributed by atoms with van der Waals surface area (Å²) in [4.78, 5) is 12.4. The fourth-order valence-corrected chi connectivity index (χ4v) is 3.69. The van der Waals surface area contributed by atoms with Gasteiger partial charge < -0.3 is 15.2 Å². The Bertz CT molecular complexity index is 913. The Labute approximate surface area is 160 Å². The van der Waals surface area contributed by atoms with Gasteiger partial charge in [-0.25, -0.2) is 4.79 Å². The van der Waals surface area contributed by atoms with E-state index >= 15 is 0 Å². The molecule has 0 saturated carbocycles. The number of carbonyl (C=O) groups excluding carboxylic acids is 1. The molecule has 27 heavy (non-hydrogen) atoms. The Morgan fingerprint density at radius 3 is 2.41 bits per heavy atom. The SMILES string of the molecule is CC(NC(=O)Nc1ccc(-n2cccc2)cc1)c1ccc2c(c1)CCCC2. The fourth-order valence-electron chi connectivity index (χ4n) is 3.69. The first-order valence-electron chi connectivity index (χ1n) is 9.62. The largest absolute Gasteiger partial charge is 0.331 e. The first kappa shape index (κ1) is 17.4. The average molecular weight is 359 g/mol. The van der Waals surface area contributed by atoms with E-state index in [1.807, 2.05) is 60.3 Å². The fraction of sp³-hybridized carbons (Fsp3) is 0.261. The summed E-state index contributed by atoms with van der Waals surface area (Å²) in [5.74, 6) is 0. The number of amides is 2. The minimum absolute atomic E-state index is 0.0311. The van der Waals surface area contributed by atoms with Crippen LogP contribution in [-0.2, 0) is 12.8 Å². The van der Waals surface area contributed by atoms with E-state index < -0.39 is 0 Å². The second kappa shape index (κ2) is 7.70. The lowest BCUT2D eigenvalue weighted by atomic mass is 9.89. The number of hydrogen-bond donors (Lipinski definition) is 2. The molecule has 0 saturated heterocycles. The molecule has 0 spiro atoms. The molecule has 1 aliphatic rings. The lowest BCUT2D eigenvalue weighted by Gasteiger charge is -2.20. The lowest BCUT2D eigenvalue weighted by molar-refractivity contribution is 0.249. The van der Waals surface area contributed by atoms with Crippen LogP contribution in [0.3, 0.4) is 0 Å². The van der Waals surface area contributed by atoms with Gasteiger partial charge in [-0.1, -0.05) is 18.2 Å². The van der Waals surface area contributed by atoms with Crippen molar-refractivity contribution in [1.29, 1.82) is 0 Å². The van der Waals surface area contributed by atoms with Gasteiger partial charge in [0, 0.05) is 23.8 Å². The number of urea groups is 1. The molecule has 1 aromatic heterocycles. The number of fused-ring (bicyclic) bond motifs is 1. The summed E-state index contributed by atoms with van der Waals surface area (Å²) in [5.41, 5.74) is 5.90. The number of nitrogens with zero attached hydrogens (tertiary/aromatic N) is 1. The predicted molar refractivity (Wildman–Crippen MR) is 109 cm³/mol. The highest BCUT2D eigenvalue weighted by Gasteiger charge is 2.14. The van der Waals surface area contributed by atoms with Crippen LogP contribution >= 0.6 is 0 Å². The van der Waals surface area contributed by atoms with E-state index in [1.54, 1.807) is 0 Å². The van der Waals surface area contributed by atoms with Crippen molar-refractivity contribution in [2.75, 3.05) is 5.32 Å². The van der Waals surface area contributed by atoms with Gasteiger partial charge >= 0.3 is 6.03 Å². The minimum atomic E-state index is -0.186. The van der Waals surface area contributed by atoms with Gasteiger partial charge in [-0.05, 0) is 85.7 Å². The van der Waals surface area contributed by atoms with E-state index in [1.165, 1.54) is 30.4 Å². The van der Waals surface area contributed by atoms with Crippen LogP contribution in [0.5, 0.6) is 0 Å². The summed E-state index contributed by atoms with van der Waals surface area (Å²) >= 11 is 0. The van der Waals surface area contributed by atoms with Crippen LogP contribution in [0.25, 0.3) is 5.69 Å². The van der Waals surface area contributed by atoms with Gasteiger partial charge in [-0.2, -0.15) is 0 Å². The third-order valence-corrected chi connectivity index (χ3v) is 5.25. The Kier molecular flexibility index (Phi) is 4.97. The highest BCUT2D eigenvalue weighted by Crippen LogP contribution is 2.25. The normalized spacial score (nSPS) is 14.3. The van der Waals surface area contributed by atoms with Crippen LogP contribution in [0.4, 0.5) is 10.5 Å². The van der Waals surface area contributed by atoms with Gasteiger partial charge in [0.2, 0.25) is 0 Å². The molecule has 1 atom stereocenters. The molecule has 1 unspecified atom stereocenters. The van der Waals surface area contributed by atoms with Gasteiger partial charge in [0.1, 0.15) is 0 Å². The molecule has 4 nitrogen and oxygen atoms in total. The first-order chi connectivity index (χ1) is 13.2. The molecule has 2 aromatic carbocycles. The zero-order valence-corrected chi connectivity index (χ0v) is 15.6. The molecular weight excluding hydrogens is 334 g/mol. The number of carbonyl (C=O) groups is 1. The number of nitrogens with one attached hydrogen (secondary N) is 2. The van der Waals surface area contributed by atoms with Crippen LogP contribution in [0.15, 0.2) is 67.0 Å². The van der Waals surface area contributed by atoms with E-state index in [9.17, 15) is 4.79 Å². The molecular formula is C23H25N3O. The third kappa shape index (κ3) is 4.05. The third-order valence-electron chi connectivity index (χ3n) is 5.25. The summed E-state index contributed by atoms with van der Waals surface area (Å²) in [6.07, 6.45) is 8.86. The van der Waals surface area contributed by atoms with Gasteiger partial charge in [0.25, 0.3) is 0 Å². The van der Waals surface area contributed by atoms with Crippen LogP contribution in [-0.4, -0.2) is 10.6 Å². The molecule has 2 amide bonds. The Morgan fingerprint density at radius 1 is 0.963 bits per heavy atom. The summed E-state index contributed by atoms with van der Waals surface area (Å²) in [7, 11) is 0. The number of anilines is 1. The Balaban J connectivity index is 1.37. The Morgan fingerprint density at radius 2 is 1.67 bits per heavy atom. The molecule has 0 aliphatic heterocycles. The topological polar surface area (TPSA) is 46.1 Å². The quantitative estimate of drug-likeness (QED) is 0.657. The van der Waals surface area contributed by atoms with Crippen molar-refractivity contribution in [2.45, 2.75) is 38.6 Å².